The van der Waals surface area contributed by atoms with Crippen LogP contribution in [0.3, 0.4) is 0 Å². The maximum absolute atomic E-state index is 13.8. The number of halogens is 3. The minimum absolute atomic E-state index is 0.126. The van der Waals surface area contributed by atoms with Crippen molar-refractivity contribution in [2.45, 2.75) is 52.0 Å². The highest BCUT2D eigenvalue weighted by atomic mass is 19.4. The minimum atomic E-state index is -4.45. The normalized spacial score (nSPS) is 17.2. The second-order valence-electron chi connectivity index (χ2n) is 10.2. The Bertz CT molecular complexity index is 1380. The predicted molar refractivity (Wildman–Crippen MR) is 144 cm³/mol. The highest BCUT2D eigenvalue weighted by Crippen LogP contribution is 2.37. The standard InChI is InChI=1S/C30H33F3N6/c1-4-38(26-16-17-37(20-26)19-23-12-6-5-7-13-23)28(24-14-9-15-25(18-24)30(31,32)33)29-34-35-36-39(29)27-21(2)10-8-11-22(27)3/h5-15,18,26,28H,4,16-17,19-20H2,1-3H3. The molecule has 5 rings (SSSR count). The van der Waals surface area contributed by atoms with Crippen LogP contribution in [0.25, 0.3) is 5.69 Å². The Morgan fingerprint density at radius 2 is 1.69 bits per heavy atom. The first-order valence-electron chi connectivity index (χ1n) is 13.3. The molecule has 0 spiro atoms. The number of aromatic nitrogens is 4. The van der Waals surface area contributed by atoms with Gasteiger partial charge in [-0.2, -0.15) is 17.9 Å². The number of tetrazole rings is 1. The first-order chi connectivity index (χ1) is 18.8. The molecule has 1 aliphatic heterocycles. The molecule has 3 aromatic carbocycles. The van der Waals surface area contributed by atoms with Crippen LogP contribution in [0.1, 0.15) is 53.0 Å². The molecule has 0 bridgehead atoms. The summed E-state index contributed by atoms with van der Waals surface area (Å²) in [5.41, 5.74) is 3.92. The van der Waals surface area contributed by atoms with Gasteiger partial charge in [0.15, 0.2) is 5.82 Å². The molecule has 2 heterocycles. The van der Waals surface area contributed by atoms with E-state index in [1.165, 1.54) is 17.7 Å². The van der Waals surface area contributed by atoms with Gasteiger partial charge in [0, 0.05) is 25.7 Å². The Labute approximate surface area is 227 Å². The minimum Gasteiger partial charge on any atom is -0.297 e. The van der Waals surface area contributed by atoms with Gasteiger partial charge in [-0.3, -0.25) is 9.80 Å². The molecule has 1 aromatic heterocycles. The van der Waals surface area contributed by atoms with Gasteiger partial charge in [0.1, 0.15) is 0 Å². The van der Waals surface area contributed by atoms with Gasteiger partial charge in [-0.05, 0) is 71.6 Å². The van der Waals surface area contributed by atoms with Crippen molar-refractivity contribution in [2.75, 3.05) is 19.6 Å². The summed E-state index contributed by atoms with van der Waals surface area (Å²) in [6.07, 6.45) is -3.54. The smallest absolute Gasteiger partial charge is 0.297 e. The number of nitrogens with zero attached hydrogens (tertiary/aromatic N) is 6. The van der Waals surface area contributed by atoms with Gasteiger partial charge in [0.05, 0.1) is 17.3 Å². The van der Waals surface area contributed by atoms with Crippen LogP contribution in [0.2, 0.25) is 0 Å². The van der Waals surface area contributed by atoms with Gasteiger partial charge in [-0.1, -0.05) is 67.6 Å². The fraction of sp³-hybridized carbons (Fsp3) is 0.367. The summed E-state index contributed by atoms with van der Waals surface area (Å²) in [6, 6.07) is 21.4. The summed E-state index contributed by atoms with van der Waals surface area (Å²) in [5.74, 6) is 0.509. The van der Waals surface area contributed by atoms with Gasteiger partial charge in [0.2, 0.25) is 0 Å². The third kappa shape index (κ3) is 5.74. The predicted octanol–water partition coefficient (Wildman–Crippen LogP) is 5.98. The lowest BCUT2D eigenvalue weighted by Crippen LogP contribution is -2.41. The zero-order valence-corrected chi connectivity index (χ0v) is 22.4. The van der Waals surface area contributed by atoms with E-state index < -0.39 is 17.8 Å². The number of para-hydroxylation sites is 1. The highest BCUT2D eigenvalue weighted by molar-refractivity contribution is 5.47. The number of aryl methyl sites for hydroxylation is 2. The second kappa shape index (κ2) is 11.3. The van der Waals surface area contributed by atoms with E-state index in [2.05, 4.69) is 37.5 Å². The zero-order chi connectivity index (χ0) is 27.6. The van der Waals surface area contributed by atoms with E-state index in [0.717, 1.165) is 48.9 Å². The van der Waals surface area contributed by atoms with Gasteiger partial charge in [-0.25, -0.2) is 0 Å². The van der Waals surface area contributed by atoms with Crippen LogP contribution in [-0.2, 0) is 12.7 Å². The van der Waals surface area contributed by atoms with Crippen molar-refractivity contribution in [3.05, 3.63) is 106 Å². The van der Waals surface area contributed by atoms with Crippen LogP contribution in [-0.4, -0.2) is 55.7 Å². The molecule has 1 fully saturated rings. The van der Waals surface area contributed by atoms with E-state index in [4.69, 9.17) is 0 Å². The third-order valence-corrected chi connectivity index (χ3v) is 7.58. The van der Waals surface area contributed by atoms with Crippen LogP contribution < -0.4 is 0 Å². The van der Waals surface area contributed by atoms with E-state index in [1.54, 1.807) is 10.7 Å². The highest BCUT2D eigenvalue weighted by Gasteiger charge is 2.38. The first kappa shape index (κ1) is 27.0. The van der Waals surface area contributed by atoms with E-state index in [9.17, 15) is 13.2 Å². The third-order valence-electron chi connectivity index (χ3n) is 7.58. The average molecular weight is 535 g/mol. The molecule has 0 radical (unpaired) electrons. The van der Waals surface area contributed by atoms with Crippen molar-refractivity contribution in [3.63, 3.8) is 0 Å². The maximum Gasteiger partial charge on any atom is 0.416 e. The van der Waals surface area contributed by atoms with Crippen LogP contribution in [0, 0.1) is 13.8 Å². The summed E-state index contributed by atoms with van der Waals surface area (Å²) in [5, 5.41) is 12.8. The van der Waals surface area contributed by atoms with Crippen molar-refractivity contribution in [1.82, 2.24) is 30.0 Å². The summed E-state index contributed by atoms with van der Waals surface area (Å²) >= 11 is 0. The Hall–Kier alpha value is -3.56. The molecule has 0 N–H and O–H groups in total. The molecular formula is C30H33F3N6. The quantitative estimate of drug-likeness (QED) is 0.278. The van der Waals surface area contributed by atoms with E-state index in [1.807, 2.05) is 57.2 Å². The Morgan fingerprint density at radius 1 is 0.974 bits per heavy atom. The number of rotatable bonds is 8. The van der Waals surface area contributed by atoms with E-state index in [-0.39, 0.29) is 6.04 Å². The lowest BCUT2D eigenvalue weighted by Gasteiger charge is -2.35. The van der Waals surface area contributed by atoms with E-state index >= 15 is 0 Å². The van der Waals surface area contributed by atoms with E-state index in [0.29, 0.717) is 17.9 Å². The lowest BCUT2D eigenvalue weighted by molar-refractivity contribution is -0.137. The molecule has 0 aliphatic carbocycles. The molecule has 6 nitrogen and oxygen atoms in total. The number of hydrogen-bond acceptors (Lipinski definition) is 5. The summed E-state index contributed by atoms with van der Waals surface area (Å²) < 4.78 is 43.1. The zero-order valence-electron chi connectivity index (χ0n) is 22.4. The number of benzene rings is 3. The van der Waals surface area contributed by atoms with Gasteiger partial charge >= 0.3 is 6.18 Å². The SMILES string of the molecule is CCN(C1CCN(Cc2ccccc2)C1)C(c1cccc(C(F)(F)F)c1)c1nnnn1-c1c(C)cccc1C. The topological polar surface area (TPSA) is 50.1 Å². The van der Waals surface area contributed by atoms with Crippen LogP contribution in [0.5, 0.6) is 0 Å². The van der Waals surface area contributed by atoms with Crippen molar-refractivity contribution in [3.8, 4) is 5.69 Å². The molecule has 0 saturated carbocycles. The van der Waals surface area contributed by atoms with Crippen molar-refractivity contribution in [2.24, 2.45) is 0 Å². The molecule has 204 valence electrons. The van der Waals surface area contributed by atoms with Crippen molar-refractivity contribution >= 4 is 0 Å². The fourth-order valence-electron chi connectivity index (χ4n) is 5.76. The molecule has 1 saturated heterocycles. The molecular weight excluding hydrogens is 501 g/mol. The largest absolute Gasteiger partial charge is 0.416 e. The number of likely N-dealkylation sites (N-methyl/N-ethyl adjacent to an activating group) is 1. The lowest BCUT2D eigenvalue weighted by atomic mass is 9.99. The van der Waals surface area contributed by atoms with Crippen LogP contribution in [0.15, 0.2) is 72.8 Å². The van der Waals surface area contributed by atoms with Crippen LogP contribution in [0.4, 0.5) is 13.2 Å². The Kier molecular flexibility index (Phi) is 7.81. The summed E-state index contributed by atoms with van der Waals surface area (Å²) in [7, 11) is 0. The molecule has 4 aromatic rings. The number of hydrogen-bond donors (Lipinski definition) is 0. The molecule has 39 heavy (non-hydrogen) atoms. The van der Waals surface area contributed by atoms with Gasteiger partial charge < -0.3 is 0 Å². The second-order valence-corrected chi connectivity index (χ2v) is 10.2. The molecule has 1 aliphatic rings. The molecule has 9 heteroatoms. The summed E-state index contributed by atoms with van der Waals surface area (Å²) in [6.45, 7) is 9.21. The van der Waals surface area contributed by atoms with Gasteiger partial charge in [-0.15, -0.1) is 5.10 Å². The number of likely N-dealkylation sites (tertiary alicyclic amines) is 1. The monoisotopic (exact) mass is 534 g/mol. The van der Waals surface area contributed by atoms with Crippen molar-refractivity contribution < 1.29 is 13.2 Å². The first-order valence-corrected chi connectivity index (χ1v) is 13.3. The Balaban J connectivity index is 1.56. The maximum atomic E-state index is 13.8. The van der Waals surface area contributed by atoms with Crippen molar-refractivity contribution in [1.29, 1.82) is 0 Å². The molecule has 0 amide bonds. The molecule has 2 unspecified atom stereocenters. The number of alkyl halides is 3. The molecule has 2 atom stereocenters. The Morgan fingerprint density at radius 3 is 2.38 bits per heavy atom. The van der Waals surface area contributed by atoms with Gasteiger partial charge in [0.25, 0.3) is 0 Å². The fourth-order valence-corrected chi connectivity index (χ4v) is 5.76. The summed E-state index contributed by atoms with van der Waals surface area (Å²) in [4.78, 5) is 4.66. The van der Waals surface area contributed by atoms with Crippen LogP contribution >= 0.6 is 0 Å². The average Bonchev–Trinajstić information content (AvgIpc) is 3.57.